The molecule has 1 aromatic heterocycles. The van der Waals surface area contributed by atoms with E-state index in [2.05, 4.69) is 9.72 Å². The first kappa shape index (κ1) is 23.9. The molecule has 0 saturated carbocycles. The number of pyridine rings is 1. The lowest BCUT2D eigenvalue weighted by Gasteiger charge is -2.15. The van der Waals surface area contributed by atoms with Crippen LogP contribution in [0.1, 0.15) is 34.6 Å². The normalized spacial score (nSPS) is 15.1. The topological polar surface area (TPSA) is 68.7 Å². The first-order valence-corrected chi connectivity index (χ1v) is 11.5. The van der Waals surface area contributed by atoms with Gasteiger partial charge < -0.3 is 14.6 Å². The van der Waals surface area contributed by atoms with E-state index in [1.165, 1.54) is 12.1 Å². The lowest BCUT2D eigenvalue weighted by atomic mass is 9.94. The summed E-state index contributed by atoms with van der Waals surface area (Å²) < 4.78 is 47.7. The number of hydrogen-bond acceptors (Lipinski definition) is 5. The van der Waals surface area contributed by atoms with Crippen molar-refractivity contribution in [3.05, 3.63) is 70.9 Å². The Morgan fingerprint density at radius 1 is 1.18 bits per heavy atom. The number of aromatic nitrogens is 1. The van der Waals surface area contributed by atoms with Crippen LogP contribution in [0.25, 0.3) is 11.1 Å². The molecule has 3 aromatic rings. The van der Waals surface area contributed by atoms with E-state index in [9.17, 15) is 18.0 Å². The second-order valence-corrected chi connectivity index (χ2v) is 9.20. The van der Waals surface area contributed by atoms with Crippen molar-refractivity contribution >= 4 is 17.7 Å². The van der Waals surface area contributed by atoms with Crippen molar-refractivity contribution in [2.24, 2.45) is 0 Å². The maximum absolute atomic E-state index is 12.6. The summed E-state index contributed by atoms with van der Waals surface area (Å²) in [5.74, 6) is 0.0487. The van der Waals surface area contributed by atoms with Crippen molar-refractivity contribution in [2.45, 2.75) is 44.1 Å². The van der Waals surface area contributed by atoms with Crippen molar-refractivity contribution < 1.29 is 32.5 Å². The molecule has 1 atom stereocenters. The van der Waals surface area contributed by atoms with Gasteiger partial charge in [0.2, 0.25) is 5.88 Å². The molecule has 0 fully saturated rings. The fourth-order valence-corrected chi connectivity index (χ4v) is 5.39. The van der Waals surface area contributed by atoms with Crippen LogP contribution in [-0.4, -0.2) is 28.2 Å². The Hall–Kier alpha value is -3.20. The van der Waals surface area contributed by atoms with E-state index >= 15 is 0 Å². The third-order valence-corrected chi connectivity index (χ3v) is 6.75. The molecule has 5 nitrogen and oxygen atoms in total. The minimum Gasteiger partial charge on any atom is -0.481 e. The molecule has 0 bridgehead atoms. The molecule has 0 amide bonds. The monoisotopic (exact) mass is 489 g/mol. The van der Waals surface area contributed by atoms with Crippen LogP contribution in [0.3, 0.4) is 0 Å². The first-order valence-electron chi connectivity index (χ1n) is 10.5. The number of rotatable bonds is 7. The molecule has 2 heterocycles. The smallest absolute Gasteiger partial charge is 0.481 e. The van der Waals surface area contributed by atoms with Crippen molar-refractivity contribution in [1.29, 1.82) is 0 Å². The minimum atomic E-state index is -4.74. The van der Waals surface area contributed by atoms with E-state index in [-0.39, 0.29) is 24.7 Å². The zero-order valence-corrected chi connectivity index (χ0v) is 19.3. The summed E-state index contributed by atoms with van der Waals surface area (Å²) in [7, 11) is 0. The van der Waals surface area contributed by atoms with Gasteiger partial charge in [0.15, 0.2) is 0 Å². The maximum Gasteiger partial charge on any atom is 0.573 e. The molecule has 1 aliphatic heterocycles. The molecule has 0 radical (unpaired) electrons. The Bertz CT molecular complexity index is 1210. The van der Waals surface area contributed by atoms with Crippen molar-refractivity contribution in [1.82, 2.24) is 4.98 Å². The number of thioether (sulfide) groups is 1. The van der Waals surface area contributed by atoms with Gasteiger partial charge in [0.1, 0.15) is 12.4 Å². The lowest BCUT2D eigenvalue weighted by molar-refractivity contribution is -0.274. The van der Waals surface area contributed by atoms with Gasteiger partial charge in [0.05, 0.1) is 6.42 Å². The van der Waals surface area contributed by atoms with Gasteiger partial charge in [-0.1, -0.05) is 18.2 Å². The molecule has 0 unspecified atom stereocenters. The van der Waals surface area contributed by atoms with Gasteiger partial charge in [-0.2, -0.15) is 0 Å². The summed E-state index contributed by atoms with van der Waals surface area (Å²) in [6, 6.07) is 12.2. The number of fused-ring (bicyclic) bond motifs is 1. The fraction of sp³-hybridized carbons (Fsp3) is 0.280. The summed E-state index contributed by atoms with van der Waals surface area (Å²) in [5.41, 5.74) is 4.86. The summed E-state index contributed by atoms with van der Waals surface area (Å²) in [5, 5.41) is 9.06. The van der Waals surface area contributed by atoms with Crippen molar-refractivity contribution in [3.63, 3.8) is 0 Å². The van der Waals surface area contributed by atoms with Gasteiger partial charge in [-0.05, 0) is 65.4 Å². The zero-order chi connectivity index (χ0) is 24.5. The molecule has 2 aromatic carbocycles. The average molecular weight is 490 g/mol. The number of carboxylic acids is 1. The molecule has 4 rings (SSSR count). The standard InChI is InChI=1S/C25H22F3NO4S/c1-14-6-19(33-25(26,27)28)7-15(2)24(14)17-5-3-4-16(8-17)12-32-22-10-21-20(11-29-22)18(13-34-21)9-23(30)31/h3-8,10-11,18H,9,12-13H2,1-2H3,(H,30,31)/t18-/m0/s1. The zero-order valence-electron chi connectivity index (χ0n) is 18.5. The molecule has 34 heavy (non-hydrogen) atoms. The lowest BCUT2D eigenvalue weighted by Crippen LogP contribution is -2.17. The third kappa shape index (κ3) is 5.64. The maximum atomic E-state index is 12.6. The van der Waals surface area contributed by atoms with Gasteiger partial charge >= 0.3 is 12.3 Å². The molecule has 0 spiro atoms. The predicted molar refractivity (Wildman–Crippen MR) is 122 cm³/mol. The molecule has 1 N–H and O–H groups in total. The van der Waals surface area contributed by atoms with Gasteiger partial charge in [0, 0.05) is 28.8 Å². The predicted octanol–water partition coefficient (Wildman–Crippen LogP) is 6.51. The molecule has 1 aliphatic rings. The van der Waals surface area contributed by atoms with Crippen LogP contribution in [0.2, 0.25) is 0 Å². The summed E-state index contributed by atoms with van der Waals surface area (Å²) in [6.45, 7) is 3.76. The summed E-state index contributed by atoms with van der Waals surface area (Å²) in [6.07, 6.45) is -2.97. The Morgan fingerprint density at radius 3 is 2.59 bits per heavy atom. The number of ether oxygens (including phenoxy) is 2. The SMILES string of the molecule is Cc1cc(OC(F)(F)F)cc(C)c1-c1cccc(COc2cc3c(cn2)[C@@H](CC(=O)O)CS3)c1. The van der Waals surface area contributed by atoms with Crippen LogP contribution in [0.4, 0.5) is 13.2 Å². The van der Waals surface area contributed by atoms with Crippen LogP contribution in [-0.2, 0) is 11.4 Å². The van der Waals surface area contributed by atoms with Gasteiger partial charge in [0.25, 0.3) is 0 Å². The number of benzene rings is 2. The first-order chi connectivity index (χ1) is 16.1. The quantitative estimate of drug-likeness (QED) is 0.408. The van der Waals surface area contributed by atoms with Crippen LogP contribution in [0.5, 0.6) is 11.6 Å². The third-order valence-electron chi connectivity index (χ3n) is 5.51. The Balaban J connectivity index is 1.49. The summed E-state index contributed by atoms with van der Waals surface area (Å²) in [4.78, 5) is 16.3. The van der Waals surface area contributed by atoms with Gasteiger partial charge in [-0.25, -0.2) is 4.98 Å². The largest absolute Gasteiger partial charge is 0.573 e. The number of alkyl halides is 3. The van der Waals surface area contributed by atoms with Crippen LogP contribution >= 0.6 is 11.8 Å². The Morgan fingerprint density at radius 2 is 1.91 bits per heavy atom. The van der Waals surface area contributed by atoms with E-state index in [1.807, 2.05) is 30.3 Å². The van der Waals surface area contributed by atoms with E-state index in [4.69, 9.17) is 9.84 Å². The van der Waals surface area contributed by atoms with Gasteiger partial charge in [-0.15, -0.1) is 24.9 Å². The highest BCUT2D eigenvalue weighted by atomic mass is 32.2. The molecular formula is C25H22F3NO4S. The van der Waals surface area contributed by atoms with Crippen molar-refractivity contribution in [3.8, 4) is 22.8 Å². The van der Waals surface area contributed by atoms with Crippen LogP contribution in [0, 0.1) is 13.8 Å². The van der Waals surface area contributed by atoms with Gasteiger partial charge in [-0.3, -0.25) is 4.79 Å². The number of nitrogens with zero attached hydrogens (tertiary/aromatic N) is 1. The number of carboxylic acid groups (broad SMARTS) is 1. The number of aryl methyl sites for hydroxylation is 2. The van der Waals surface area contributed by atoms with E-state index in [1.54, 1.807) is 31.8 Å². The van der Waals surface area contributed by atoms with E-state index in [0.717, 1.165) is 27.1 Å². The molecule has 178 valence electrons. The minimum absolute atomic E-state index is 0.0462. The van der Waals surface area contributed by atoms with Crippen molar-refractivity contribution in [2.75, 3.05) is 5.75 Å². The molecule has 9 heteroatoms. The highest BCUT2D eigenvalue weighted by Crippen LogP contribution is 2.42. The Kier molecular flexibility index (Phi) is 6.74. The fourth-order valence-electron chi connectivity index (χ4n) is 4.15. The van der Waals surface area contributed by atoms with Crippen LogP contribution < -0.4 is 9.47 Å². The second-order valence-electron chi connectivity index (χ2n) is 8.14. The number of hydrogen-bond donors (Lipinski definition) is 1. The Labute approximate surface area is 198 Å². The highest BCUT2D eigenvalue weighted by Gasteiger charge is 2.31. The second kappa shape index (κ2) is 9.58. The molecular weight excluding hydrogens is 467 g/mol. The van der Waals surface area contributed by atoms with E-state index < -0.39 is 12.3 Å². The summed E-state index contributed by atoms with van der Waals surface area (Å²) >= 11 is 1.60. The molecule has 0 aliphatic carbocycles. The number of aliphatic carboxylic acids is 1. The number of halogens is 3. The highest BCUT2D eigenvalue weighted by molar-refractivity contribution is 7.99. The molecule has 0 saturated heterocycles. The van der Waals surface area contributed by atoms with Crippen LogP contribution in [0.15, 0.2) is 53.6 Å². The van der Waals surface area contributed by atoms with E-state index in [0.29, 0.717) is 22.8 Å². The number of carbonyl (C=O) groups is 1. The average Bonchev–Trinajstić information content (AvgIpc) is 3.12.